The number of rotatable bonds is 43. The molecule has 2 unspecified atom stereocenters. The van der Waals surface area contributed by atoms with Gasteiger partial charge in [-0.1, -0.05) is 322 Å². The average Bonchev–Trinajstić information content (AvgIpc) is 0.798. The number of nitrogens with one attached hydrogen (secondary N) is 3. The van der Waals surface area contributed by atoms with Crippen LogP contribution in [0.15, 0.2) is 322 Å². The smallest absolute Gasteiger partial charge is 0.407 e. The van der Waals surface area contributed by atoms with Crippen LogP contribution in [0.3, 0.4) is 0 Å². The number of carboxylic acid groups (broad SMARTS) is 1. The first-order valence-corrected chi connectivity index (χ1v) is 46.9. The molecule has 138 heavy (non-hydrogen) atoms. The summed E-state index contributed by atoms with van der Waals surface area (Å²) < 4.78 is 134. The van der Waals surface area contributed by atoms with Crippen molar-refractivity contribution in [3.8, 4) is 11.1 Å². The summed E-state index contributed by atoms with van der Waals surface area (Å²) in [5.74, 6) is -3.16. The summed E-state index contributed by atoms with van der Waals surface area (Å²) in [7, 11) is 0. The van der Waals surface area contributed by atoms with Crippen LogP contribution in [0.2, 0.25) is 0 Å². The minimum atomic E-state index is -1.92. The first kappa shape index (κ1) is 98.0. The normalized spacial score (nSPS) is 26.6. The van der Waals surface area contributed by atoms with Gasteiger partial charge in [0.05, 0.1) is 85.4 Å². The molecule has 5 aliphatic heterocycles. The molecule has 6 aliphatic rings. The third kappa shape index (κ3) is 25.7. The number of aliphatic carboxylic acids is 1. The predicted octanol–water partition coefficient (Wildman–Crippen LogP) is 14.5. The second kappa shape index (κ2) is 48.8. The SMILES string of the molecule is CC(=O)N[C@H]1[C@H](OC[C@H]2O[C@H](OC(C)[C@H](NC(=O)OCC3c4ccccc4-c4ccccc43)C(=O)O)[C@H](NC(C)=O)[C@@H](O[C@@H]3O[C@H](COCc4ccccc4)[C@H](OCc4ccccc4)[C@H](OCc4ccccc4)[C@H]3OCc3ccccc3)[C@H]2O)O[C@H](COCc2ccccc2)[C@@H](O[C@@H]2O[C@@H]3COC(c4ccccc4)O[C@@H]3[C@H](OCc3ccccc3)[C@H]2OCc2ccccc2)[C@@H]1OCc1ccccc1. The minimum Gasteiger partial charge on any atom is -0.480 e. The number of carbonyl (C=O) groups is 4. The fraction of sp³-hybridized carbons (Fsp3) is 0.364. The molecule has 28 nitrogen and oxygen atoms in total. The average molecular weight is 1880 g/mol. The van der Waals surface area contributed by atoms with Gasteiger partial charge in [0.15, 0.2) is 37.5 Å². The Morgan fingerprint density at radius 3 is 1.20 bits per heavy atom. The second-order valence-electron chi connectivity index (χ2n) is 35.0. The fourth-order valence-corrected chi connectivity index (χ4v) is 18.4. The molecule has 3 amide bonds. The van der Waals surface area contributed by atoms with Gasteiger partial charge >= 0.3 is 12.1 Å². The summed E-state index contributed by atoms with van der Waals surface area (Å²) in [6.07, 6.45) is -27.1. The van der Waals surface area contributed by atoms with Gasteiger partial charge in [-0.15, -0.1) is 0 Å². The Morgan fingerprint density at radius 2 is 0.732 bits per heavy atom. The summed E-state index contributed by atoms with van der Waals surface area (Å²) in [6, 6.07) is 96.9. The van der Waals surface area contributed by atoms with Crippen LogP contribution in [0.4, 0.5) is 4.79 Å². The molecule has 5 saturated heterocycles. The molecule has 0 saturated carbocycles. The number of carbonyl (C=O) groups excluding carboxylic acids is 3. The molecule has 0 aromatic heterocycles. The summed E-state index contributed by atoms with van der Waals surface area (Å²) >= 11 is 0. The maximum Gasteiger partial charge on any atom is 0.407 e. The first-order valence-electron chi connectivity index (χ1n) is 46.9. The number of aliphatic hydroxyl groups excluding tert-OH is 1. The van der Waals surface area contributed by atoms with Crippen molar-refractivity contribution in [1.82, 2.24) is 16.0 Å². The Morgan fingerprint density at radius 1 is 0.362 bits per heavy atom. The van der Waals surface area contributed by atoms with E-state index >= 15 is 0 Å². The molecule has 28 heteroatoms. The van der Waals surface area contributed by atoms with Crippen molar-refractivity contribution in [2.24, 2.45) is 0 Å². The van der Waals surface area contributed by atoms with Gasteiger partial charge in [0.2, 0.25) is 11.8 Å². The molecule has 11 aromatic rings. The van der Waals surface area contributed by atoms with Crippen LogP contribution >= 0.6 is 0 Å². The molecule has 722 valence electrons. The highest BCUT2D eigenvalue weighted by Gasteiger charge is 2.59. The standard InChI is InChI=1S/C110H117N3O25/c1-70(91(104(117)118)113-110(119)130-65-86-84-55-33-31-53-82(84)83-54-32-34-56-85(83)86)131-107-92(111-71(2)114)98(138-109-102(126-63-79-47-25-10-26-48-79)100(124-61-77-43-21-8-22-44-77)95(122-59-75-39-17-6-18-40-75)88(134-109)66-120-57-73-35-13-4-14-36-73)94(116)87(132-107)68-129-106-93(112-72(3)115)99(123-60-76-41-19-7-20-42-76)96(89(133-106)67-121-58-74-37-15-5-16-38-74)137-108-103(127-64-80-49-27-11-28-50-80)101(125-62-78-45-23-9-24-46-78)97-90(135-108)69-128-105(136-97)81-51-29-12-30-52-81/h4-56,70,86-103,105-109,116H,57-69H2,1-3H3,(H,111,114)(H,112,115)(H,113,119)(H,117,118)/t70?,87-,88-,89-,90-,91+,92-,93-,94+,95+,96-,97+,98-,99-,100+,101+,102-,103-,105?,106-,107+,108+,109+/m1/s1. The number of amides is 3. The van der Waals surface area contributed by atoms with Gasteiger partial charge in [-0.2, -0.15) is 0 Å². The molecular formula is C110H117N3O25. The number of carboxylic acids is 1. The highest BCUT2D eigenvalue weighted by Crippen LogP contribution is 2.46. The zero-order chi connectivity index (χ0) is 94.9. The van der Waals surface area contributed by atoms with E-state index in [2.05, 4.69) is 16.0 Å². The van der Waals surface area contributed by atoms with E-state index < -0.39 is 178 Å². The number of hydrogen-bond donors (Lipinski definition) is 5. The molecule has 23 atom stereocenters. The van der Waals surface area contributed by atoms with Crippen LogP contribution in [0.1, 0.15) is 94.2 Å². The summed E-state index contributed by atoms with van der Waals surface area (Å²) in [5.41, 5.74) is 11.1. The van der Waals surface area contributed by atoms with Gasteiger partial charge in [0.1, 0.15) is 104 Å². The Bertz CT molecular complexity index is 5550. The van der Waals surface area contributed by atoms with E-state index in [0.717, 1.165) is 72.3 Å². The molecule has 5 N–H and O–H groups in total. The number of aliphatic hydroxyl groups is 1. The number of fused-ring (bicyclic) bond motifs is 4. The van der Waals surface area contributed by atoms with E-state index in [4.69, 9.17) is 90.0 Å². The molecule has 0 bridgehead atoms. The van der Waals surface area contributed by atoms with Gasteiger partial charge in [0.25, 0.3) is 0 Å². The topological polar surface area (TPSA) is 320 Å². The summed E-state index contributed by atoms with van der Waals surface area (Å²) in [5, 5.41) is 33.8. The second-order valence-corrected chi connectivity index (χ2v) is 35.0. The third-order valence-corrected chi connectivity index (χ3v) is 25.2. The van der Waals surface area contributed by atoms with Crippen LogP contribution in [-0.2, 0) is 157 Å². The van der Waals surface area contributed by atoms with Crippen molar-refractivity contribution in [2.75, 3.05) is 33.0 Å². The zero-order valence-corrected chi connectivity index (χ0v) is 76.9. The van der Waals surface area contributed by atoms with Gasteiger partial charge < -0.3 is 116 Å². The molecule has 0 radical (unpaired) electrons. The first-order chi connectivity index (χ1) is 67.6. The number of hydrogen-bond acceptors (Lipinski definition) is 24. The maximum absolute atomic E-state index is 14.5. The Kier molecular flexibility index (Phi) is 34.6. The molecule has 0 spiro atoms. The number of ether oxygens (including phenoxy) is 19. The highest BCUT2D eigenvalue weighted by atomic mass is 16.8. The lowest BCUT2D eigenvalue weighted by Crippen LogP contribution is -2.70. The Hall–Kier alpha value is -11.7. The van der Waals surface area contributed by atoms with Gasteiger partial charge in [-0.05, 0) is 73.7 Å². The van der Waals surface area contributed by atoms with Crippen LogP contribution < -0.4 is 16.0 Å². The Labute approximate surface area is 802 Å². The van der Waals surface area contributed by atoms with Gasteiger partial charge in [0, 0.05) is 25.3 Å². The maximum atomic E-state index is 14.5. The van der Waals surface area contributed by atoms with Crippen molar-refractivity contribution < 1.29 is 119 Å². The van der Waals surface area contributed by atoms with E-state index in [0.29, 0.717) is 0 Å². The van der Waals surface area contributed by atoms with Gasteiger partial charge in [-0.3, -0.25) is 9.59 Å². The number of benzene rings is 11. The molecule has 1 aliphatic carbocycles. The van der Waals surface area contributed by atoms with Crippen LogP contribution in [0.5, 0.6) is 0 Å². The largest absolute Gasteiger partial charge is 0.480 e. The van der Waals surface area contributed by atoms with Crippen molar-refractivity contribution in [3.05, 3.63) is 383 Å². The molecular weight excluding hydrogens is 1760 g/mol. The summed E-state index contributed by atoms with van der Waals surface area (Å²) in [4.78, 5) is 57.1. The lowest BCUT2D eigenvalue weighted by Gasteiger charge is -2.52. The van der Waals surface area contributed by atoms with Crippen molar-refractivity contribution in [2.45, 2.75) is 221 Å². The predicted molar refractivity (Wildman–Crippen MR) is 504 cm³/mol. The Balaban J connectivity index is 0.741. The minimum absolute atomic E-state index is 0.0226. The van der Waals surface area contributed by atoms with E-state index in [1.165, 1.54) is 20.8 Å². The molecule has 17 rings (SSSR count). The molecule has 5 fully saturated rings. The summed E-state index contributed by atoms with van der Waals surface area (Å²) in [6.45, 7) is 3.20. The van der Waals surface area contributed by atoms with E-state index in [9.17, 15) is 29.4 Å². The molecule has 5 heterocycles. The highest BCUT2D eigenvalue weighted by molar-refractivity contribution is 5.81. The lowest BCUT2D eigenvalue weighted by molar-refractivity contribution is -0.392. The van der Waals surface area contributed by atoms with Gasteiger partial charge in [-0.25, -0.2) is 9.59 Å². The van der Waals surface area contributed by atoms with Crippen LogP contribution in [0, 0.1) is 0 Å². The zero-order valence-electron chi connectivity index (χ0n) is 76.9. The lowest BCUT2D eigenvalue weighted by atomic mass is 9.94. The quantitative estimate of drug-likeness (QED) is 0.0237. The van der Waals surface area contributed by atoms with E-state index in [1.807, 2.05) is 322 Å². The van der Waals surface area contributed by atoms with Crippen LogP contribution in [-0.4, -0.2) is 202 Å². The van der Waals surface area contributed by atoms with E-state index in [1.54, 1.807) is 0 Å². The number of alkyl carbamates (subject to hydrolysis) is 1. The van der Waals surface area contributed by atoms with Crippen molar-refractivity contribution in [1.29, 1.82) is 0 Å². The third-order valence-electron chi connectivity index (χ3n) is 25.2. The van der Waals surface area contributed by atoms with E-state index in [-0.39, 0.29) is 79.3 Å². The van der Waals surface area contributed by atoms with Crippen molar-refractivity contribution >= 4 is 23.9 Å². The monoisotopic (exact) mass is 1880 g/mol. The molecule has 11 aromatic carbocycles. The van der Waals surface area contributed by atoms with Crippen LogP contribution in [0.25, 0.3) is 11.1 Å². The fourth-order valence-electron chi connectivity index (χ4n) is 18.4. The van der Waals surface area contributed by atoms with Crippen molar-refractivity contribution in [3.63, 3.8) is 0 Å².